The molecule has 0 spiro atoms. The van der Waals surface area contributed by atoms with Crippen LogP contribution >= 0.6 is 15.9 Å². The summed E-state index contributed by atoms with van der Waals surface area (Å²) in [5.41, 5.74) is 6.62. The molecule has 0 fully saturated rings. The number of methoxy groups -OCH3 is 1. The first-order valence-corrected chi connectivity index (χ1v) is 9.12. The second-order valence-electron chi connectivity index (χ2n) is 5.87. The molecular weight excluding hydrogens is 396 g/mol. The molecule has 0 radical (unpaired) electrons. The fourth-order valence-corrected chi connectivity index (χ4v) is 3.11. The largest absolute Gasteiger partial charge is 0.493 e. The number of carbonyl (C=O) groups is 1. The van der Waals surface area contributed by atoms with E-state index in [-0.39, 0.29) is 5.91 Å². The van der Waals surface area contributed by atoms with E-state index in [9.17, 15) is 4.79 Å². The number of nitrogens with zero attached hydrogens (tertiary/aromatic N) is 1. The molecule has 2 rings (SSSR count). The van der Waals surface area contributed by atoms with Crippen molar-refractivity contribution in [2.75, 3.05) is 13.7 Å². The molecule has 0 bridgehead atoms. The highest BCUT2D eigenvalue weighted by Gasteiger charge is 2.10. The molecule has 0 atom stereocenters. The summed E-state index contributed by atoms with van der Waals surface area (Å²) in [5, 5.41) is 4.04. The van der Waals surface area contributed by atoms with E-state index in [4.69, 9.17) is 9.47 Å². The van der Waals surface area contributed by atoms with Gasteiger partial charge in [-0.1, -0.05) is 23.8 Å². The zero-order valence-electron chi connectivity index (χ0n) is 15.4. The SMILES string of the molecule is CCOc1c(Br)cc(/C=N\NC(=O)Cc2ccc(C)cc2C)cc1OC. The number of ether oxygens (including phenoxy) is 2. The fraction of sp³-hybridized carbons (Fsp3) is 0.300. The van der Waals surface area contributed by atoms with Gasteiger partial charge in [-0.2, -0.15) is 5.10 Å². The summed E-state index contributed by atoms with van der Waals surface area (Å²) in [6.07, 6.45) is 1.86. The predicted octanol–water partition coefficient (Wildman–Crippen LogP) is 4.17. The monoisotopic (exact) mass is 418 g/mol. The normalized spacial score (nSPS) is 10.8. The van der Waals surface area contributed by atoms with Gasteiger partial charge in [0.1, 0.15) is 0 Å². The number of hydrogen-bond donors (Lipinski definition) is 1. The van der Waals surface area contributed by atoms with Gasteiger partial charge in [0.05, 0.1) is 30.8 Å². The lowest BCUT2D eigenvalue weighted by molar-refractivity contribution is -0.120. The molecule has 138 valence electrons. The summed E-state index contributed by atoms with van der Waals surface area (Å²) in [6.45, 7) is 6.48. The average molecular weight is 419 g/mol. The van der Waals surface area contributed by atoms with Gasteiger partial charge >= 0.3 is 0 Å². The van der Waals surface area contributed by atoms with Crippen molar-refractivity contribution < 1.29 is 14.3 Å². The van der Waals surface area contributed by atoms with Crippen molar-refractivity contribution in [1.29, 1.82) is 0 Å². The third-order valence-electron chi connectivity index (χ3n) is 3.79. The van der Waals surface area contributed by atoms with Gasteiger partial charge in [-0.3, -0.25) is 4.79 Å². The van der Waals surface area contributed by atoms with Crippen LogP contribution in [0.4, 0.5) is 0 Å². The molecule has 0 aliphatic heterocycles. The van der Waals surface area contributed by atoms with Crippen LogP contribution in [0, 0.1) is 13.8 Å². The van der Waals surface area contributed by atoms with Crippen LogP contribution in [0.2, 0.25) is 0 Å². The molecule has 0 saturated carbocycles. The van der Waals surface area contributed by atoms with E-state index in [1.165, 1.54) is 5.56 Å². The number of amides is 1. The number of hydrogen-bond acceptors (Lipinski definition) is 4. The van der Waals surface area contributed by atoms with Gasteiger partial charge in [-0.05, 0) is 65.5 Å². The molecule has 0 saturated heterocycles. The Morgan fingerprint density at radius 3 is 2.69 bits per heavy atom. The Morgan fingerprint density at radius 2 is 2.04 bits per heavy atom. The molecule has 26 heavy (non-hydrogen) atoms. The molecule has 2 aromatic rings. The maximum atomic E-state index is 12.1. The van der Waals surface area contributed by atoms with E-state index in [0.717, 1.165) is 21.2 Å². The van der Waals surface area contributed by atoms with E-state index in [2.05, 4.69) is 32.5 Å². The average Bonchev–Trinajstić information content (AvgIpc) is 2.59. The topological polar surface area (TPSA) is 59.9 Å². The second-order valence-corrected chi connectivity index (χ2v) is 6.72. The van der Waals surface area contributed by atoms with Crippen LogP contribution in [0.5, 0.6) is 11.5 Å². The molecule has 6 heteroatoms. The quantitative estimate of drug-likeness (QED) is 0.542. The van der Waals surface area contributed by atoms with E-state index < -0.39 is 0 Å². The molecule has 0 aliphatic rings. The van der Waals surface area contributed by atoms with Gasteiger partial charge in [-0.15, -0.1) is 0 Å². The van der Waals surface area contributed by atoms with Crippen molar-refractivity contribution in [1.82, 2.24) is 5.43 Å². The van der Waals surface area contributed by atoms with Crippen molar-refractivity contribution in [3.63, 3.8) is 0 Å². The molecule has 0 heterocycles. The van der Waals surface area contributed by atoms with E-state index >= 15 is 0 Å². The zero-order chi connectivity index (χ0) is 19.1. The second kappa shape index (κ2) is 9.38. The van der Waals surface area contributed by atoms with Crippen molar-refractivity contribution in [3.8, 4) is 11.5 Å². The van der Waals surface area contributed by atoms with Gasteiger partial charge in [0.25, 0.3) is 0 Å². The van der Waals surface area contributed by atoms with E-state index in [1.807, 2.05) is 39.0 Å². The van der Waals surface area contributed by atoms with Gasteiger partial charge < -0.3 is 9.47 Å². The van der Waals surface area contributed by atoms with Gasteiger partial charge in [0, 0.05) is 0 Å². The molecular formula is C20H23BrN2O3. The van der Waals surface area contributed by atoms with Crippen molar-refractivity contribution in [2.24, 2.45) is 5.10 Å². The van der Waals surface area contributed by atoms with Crippen molar-refractivity contribution in [2.45, 2.75) is 27.2 Å². The summed E-state index contributed by atoms with van der Waals surface area (Å²) < 4.78 is 11.7. The Kier molecular flexibility index (Phi) is 7.21. The number of rotatable bonds is 7. The van der Waals surface area contributed by atoms with Crippen molar-refractivity contribution >= 4 is 28.1 Å². The Bertz CT molecular complexity index is 819. The van der Waals surface area contributed by atoms with E-state index in [1.54, 1.807) is 19.4 Å². The van der Waals surface area contributed by atoms with Crippen LogP contribution in [0.25, 0.3) is 0 Å². The minimum atomic E-state index is -0.162. The molecule has 0 unspecified atom stereocenters. The van der Waals surface area contributed by atoms with Crippen LogP contribution in [0.1, 0.15) is 29.2 Å². The lowest BCUT2D eigenvalue weighted by atomic mass is 10.0. The van der Waals surface area contributed by atoms with Crippen LogP contribution in [0.3, 0.4) is 0 Å². The lowest BCUT2D eigenvalue weighted by Crippen LogP contribution is -2.20. The highest BCUT2D eigenvalue weighted by Crippen LogP contribution is 2.36. The van der Waals surface area contributed by atoms with Crippen molar-refractivity contribution in [3.05, 3.63) is 57.1 Å². The van der Waals surface area contributed by atoms with Crippen LogP contribution < -0.4 is 14.9 Å². The number of hydrazone groups is 1. The molecule has 0 aromatic heterocycles. The van der Waals surface area contributed by atoms with Gasteiger partial charge in [-0.25, -0.2) is 5.43 Å². The number of carbonyl (C=O) groups excluding carboxylic acids is 1. The zero-order valence-corrected chi connectivity index (χ0v) is 17.0. The fourth-order valence-electron chi connectivity index (χ4n) is 2.53. The molecule has 1 N–H and O–H groups in total. The number of aryl methyl sites for hydroxylation is 2. The first kappa shape index (κ1) is 20.0. The summed E-state index contributed by atoms with van der Waals surface area (Å²) in [4.78, 5) is 12.1. The maximum absolute atomic E-state index is 12.1. The minimum absolute atomic E-state index is 0.162. The first-order chi connectivity index (χ1) is 12.4. The molecule has 0 aliphatic carbocycles. The maximum Gasteiger partial charge on any atom is 0.244 e. The Balaban J connectivity index is 2.03. The minimum Gasteiger partial charge on any atom is -0.493 e. The standard InChI is InChI=1S/C20H23BrN2O3/c1-5-26-20-17(21)9-15(10-18(20)25-4)12-22-23-19(24)11-16-7-6-13(2)8-14(16)3/h6-10,12H,5,11H2,1-4H3,(H,23,24)/b22-12-. The number of nitrogens with one attached hydrogen (secondary N) is 1. The summed E-state index contributed by atoms with van der Waals surface area (Å²) in [6, 6.07) is 9.70. The molecule has 2 aromatic carbocycles. The summed E-state index contributed by atoms with van der Waals surface area (Å²) in [5.74, 6) is 1.08. The Hall–Kier alpha value is -2.34. The highest BCUT2D eigenvalue weighted by molar-refractivity contribution is 9.10. The van der Waals surface area contributed by atoms with Crippen LogP contribution in [-0.2, 0) is 11.2 Å². The smallest absolute Gasteiger partial charge is 0.244 e. The molecule has 5 nitrogen and oxygen atoms in total. The first-order valence-electron chi connectivity index (χ1n) is 8.33. The van der Waals surface area contributed by atoms with E-state index in [0.29, 0.717) is 24.5 Å². The summed E-state index contributed by atoms with van der Waals surface area (Å²) >= 11 is 3.46. The van der Waals surface area contributed by atoms with Gasteiger partial charge in [0.15, 0.2) is 11.5 Å². The highest BCUT2D eigenvalue weighted by atomic mass is 79.9. The Labute approximate surface area is 162 Å². The Morgan fingerprint density at radius 1 is 1.27 bits per heavy atom. The lowest BCUT2D eigenvalue weighted by Gasteiger charge is -2.12. The third-order valence-corrected chi connectivity index (χ3v) is 4.38. The van der Waals surface area contributed by atoms with Gasteiger partial charge in [0.2, 0.25) is 5.91 Å². The number of benzene rings is 2. The number of halogens is 1. The predicted molar refractivity (Wildman–Crippen MR) is 107 cm³/mol. The summed E-state index contributed by atoms with van der Waals surface area (Å²) in [7, 11) is 1.58. The van der Waals surface area contributed by atoms with Crippen LogP contribution in [0.15, 0.2) is 39.9 Å². The van der Waals surface area contributed by atoms with Crippen LogP contribution in [-0.4, -0.2) is 25.8 Å². The third kappa shape index (κ3) is 5.33. The molecule has 1 amide bonds.